The third kappa shape index (κ3) is 3.45. The van der Waals surface area contributed by atoms with Crippen molar-refractivity contribution in [3.63, 3.8) is 0 Å². The van der Waals surface area contributed by atoms with Crippen molar-refractivity contribution in [3.05, 3.63) is 23.8 Å². The first-order chi connectivity index (χ1) is 9.51. The first kappa shape index (κ1) is 15.2. The molecule has 2 rings (SSSR count). The molecule has 3 nitrogen and oxygen atoms in total. The zero-order chi connectivity index (χ0) is 14.7. The molecule has 0 heterocycles. The van der Waals surface area contributed by atoms with Crippen LogP contribution in [0.25, 0.3) is 0 Å². The molecule has 1 aliphatic carbocycles. The van der Waals surface area contributed by atoms with Gasteiger partial charge in [-0.15, -0.1) is 0 Å². The van der Waals surface area contributed by atoms with Crippen molar-refractivity contribution in [1.82, 2.24) is 5.32 Å². The van der Waals surface area contributed by atoms with Gasteiger partial charge in [-0.05, 0) is 44.1 Å². The van der Waals surface area contributed by atoms with Gasteiger partial charge >= 0.3 is 0 Å². The van der Waals surface area contributed by atoms with E-state index < -0.39 is 0 Å². The Balaban J connectivity index is 1.99. The van der Waals surface area contributed by atoms with Gasteiger partial charge in [-0.1, -0.05) is 19.9 Å². The summed E-state index contributed by atoms with van der Waals surface area (Å²) in [6, 6.07) is 6.24. The summed E-state index contributed by atoms with van der Waals surface area (Å²) in [6.07, 6.45) is 3.75. The molecule has 0 bridgehead atoms. The highest BCUT2D eigenvalue weighted by molar-refractivity contribution is 5.41. The van der Waals surface area contributed by atoms with Crippen LogP contribution in [0.4, 0.5) is 0 Å². The van der Waals surface area contributed by atoms with Gasteiger partial charge in [0.25, 0.3) is 0 Å². The minimum atomic E-state index is 0.159. The highest BCUT2D eigenvalue weighted by Crippen LogP contribution is 2.32. The van der Waals surface area contributed by atoms with Crippen LogP contribution in [-0.4, -0.2) is 18.3 Å². The van der Waals surface area contributed by atoms with Gasteiger partial charge in [-0.25, -0.2) is 0 Å². The van der Waals surface area contributed by atoms with Crippen molar-refractivity contribution in [3.8, 4) is 11.5 Å². The molecule has 0 saturated heterocycles. The maximum Gasteiger partial charge on any atom is 0.124 e. The second-order valence-corrected chi connectivity index (χ2v) is 6.28. The molecule has 4 unspecified atom stereocenters. The number of benzene rings is 1. The normalized spacial score (nSPS) is 28.1. The van der Waals surface area contributed by atoms with E-state index in [0.717, 1.165) is 17.4 Å². The maximum atomic E-state index is 10.1. The first-order valence-corrected chi connectivity index (χ1v) is 7.64. The number of rotatable bonds is 4. The molecule has 1 aromatic rings. The van der Waals surface area contributed by atoms with E-state index in [-0.39, 0.29) is 6.04 Å². The van der Waals surface area contributed by atoms with Crippen molar-refractivity contribution < 1.29 is 9.84 Å². The fraction of sp³-hybridized carbons (Fsp3) is 0.647. The van der Waals surface area contributed by atoms with Gasteiger partial charge in [-0.3, -0.25) is 0 Å². The van der Waals surface area contributed by atoms with Crippen LogP contribution in [0.2, 0.25) is 0 Å². The topological polar surface area (TPSA) is 41.5 Å². The van der Waals surface area contributed by atoms with E-state index in [1.807, 2.05) is 12.1 Å². The van der Waals surface area contributed by atoms with Gasteiger partial charge in [0.05, 0.1) is 7.11 Å². The van der Waals surface area contributed by atoms with Crippen molar-refractivity contribution >= 4 is 0 Å². The molecular formula is C17H27NO2. The lowest BCUT2D eigenvalue weighted by Crippen LogP contribution is -2.37. The Bertz CT molecular complexity index is 447. The second kappa shape index (κ2) is 6.49. The predicted octanol–water partition coefficient (Wildman–Crippen LogP) is 3.88. The number of aromatic hydroxyl groups is 1. The van der Waals surface area contributed by atoms with Crippen molar-refractivity contribution in [2.75, 3.05) is 7.11 Å². The first-order valence-electron chi connectivity index (χ1n) is 7.64. The fourth-order valence-electron chi connectivity index (χ4n) is 3.16. The Kier molecular flexibility index (Phi) is 4.92. The molecule has 0 aromatic heterocycles. The predicted molar refractivity (Wildman–Crippen MR) is 82.2 cm³/mol. The lowest BCUT2D eigenvalue weighted by Gasteiger charge is -2.34. The summed E-state index contributed by atoms with van der Waals surface area (Å²) < 4.78 is 5.13. The van der Waals surface area contributed by atoms with E-state index in [2.05, 4.69) is 26.1 Å². The number of hydrogen-bond acceptors (Lipinski definition) is 3. The molecule has 1 saturated carbocycles. The minimum absolute atomic E-state index is 0.159. The quantitative estimate of drug-likeness (QED) is 0.877. The Hall–Kier alpha value is -1.22. The monoisotopic (exact) mass is 277 g/mol. The van der Waals surface area contributed by atoms with Crippen LogP contribution in [0.5, 0.6) is 11.5 Å². The van der Waals surface area contributed by atoms with E-state index in [0.29, 0.717) is 17.5 Å². The molecule has 4 atom stereocenters. The van der Waals surface area contributed by atoms with Crippen LogP contribution in [0, 0.1) is 11.8 Å². The third-order valence-electron chi connectivity index (χ3n) is 4.79. The summed E-state index contributed by atoms with van der Waals surface area (Å²) in [6.45, 7) is 6.80. The van der Waals surface area contributed by atoms with Crippen LogP contribution >= 0.6 is 0 Å². The number of nitrogens with one attached hydrogen (secondary N) is 1. The number of hydrogen-bond donors (Lipinski definition) is 2. The molecular weight excluding hydrogens is 250 g/mol. The van der Waals surface area contributed by atoms with Crippen LogP contribution in [0.15, 0.2) is 18.2 Å². The molecule has 112 valence electrons. The highest BCUT2D eigenvalue weighted by Gasteiger charge is 2.26. The molecule has 0 radical (unpaired) electrons. The summed E-state index contributed by atoms with van der Waals surface area (Å²) >= 11 is 0. The molecule has 2 N–H and O–H groups in total. The standard InChI is InChI=1S/C17H27NO2/c1-11-5-6-14(9-12(11)2)18-13(3)16-8-7-15(20-4)10-17(16)19/h7-8,10-14,18-19H,5-6,9H2,1-4H3. The lowest BCUT2D eigenvalue weighted by atomic mass is 9.79. The minimum Gasteiger partial charge on any atom is -0.507 e. The van der Waals surface area contributed by atoms with E-state index in [1.165, 1.54) is 19.3 Å². The average Bonchev–Trinajstić information content (AvgIpc) is 2.42. The van der Waals surface area contributed by atoms with Crippen LogP contribution in [0.3, 0.4) is 0 Å². The van der Waals surface area contributed by atoms with Gasteiger partial charge in [0.1, 0.15) is 11.5 Å². The van der Waals surface area contributed by atoms with Gasteiger partial charge in [0, 0.05) is 23.7 Å². The molecule has 3 heteroatoms. The molecule has 1 aromatic carbocycles. The van der Waals surface area contributed by atoms with E-state index in [4.69, 9.17) is 4.74 Å². The Labute approximate surface area is 122 Å². The number of methoxy groups -OCH3 is 1. The van der Waals surface area contributed by atoms with Gasteiger partial charge in [0.15, 0.2) is 0 Å². The van der Waals surface area contributed by atoms with E-state index in [1.54, 1.807) is 13.2 Å². The largest absolute Gasteiger partial charge is 0.507 e. The van der Waals surface area contributed by atoms with Gasteiger partial charge in [-0.2, -0.15) is 0 Å². The molecule has 0 amide bonds. The summed E-state index contributed by atoms with van der Waals surface area (Å²) in [5, 5.41) is 13.8. The summed E-state index contributed by atoms with van der Waals surface area (Å²) in [7, 11) is 1.61. The summed E-state index contributed by atoms with van der Waals surface area (Å²) in [5.74, 6) is 2.61. The number of phenolic OH excluding ortho intramolecular Hbond substituents is 1. The van der Waals surface area contributed by atoms with Crippen molar-refractivity contribution in [1.29, 1.82) is 0 Å². The van der Waals surface area contributed by atoms with Crippen LogP contribution in [-0.2, 0) is 0 Å². The molecule has 20 heavy (non-hydrogen) atoms. The SMILES string of the molecule is COc1ccc(C(C)NC2CCC(C)C(C)C2)c(O)c1. The third-order valence-corrected chi connectivity index (χ3v) is 4.79. The van der Waals surface area contributed by atoms with E-state index >= 15 is 0 Å². The summed E-state index contributed by atoms with van der Waals surface area (Å²) in [4.78, 5) is 0. The molecule has 1 aliphatic rings. The van der Waals surface area contributed by atoms with Crippen LogP contribution in [0.1, 0.15) is 51.6 Å². The number of ether oxygens (including phenoxy) is 1. The lowest BCUT2D eigenvalue weighted by molar-refractivity contribution is 0.217. The smallest absolute Gasteiger partial charge is 0.124 e. The maximum absolute atomic E-state index is 10.1. The number of phenols is 1. The van der Waals surface area contributed by atoms with E-state index in [9.17, 15) is 5.11 Å². The highest BCUT2D eigenvalue weighted by atomic mass is 16.5. The molecule has 0 aliphatic heterocycles. The average molecular weight is 277 g/mol. The van der Waals surface area contributed by atoms with Crippen molar-refractivity contribution in [2.24, 2.45) is 11.8 Å². The Morgan fingerprint density at radius 1 is 1.25 bits per heavy atom. The Morgan fingerprint density at radius 2 is 2.00 bits per heavy atom. The second-order valence-electron chi connectivity index (χ2n) is 6.28. The van der Waals surface area contributed by atoms with Crippen molar-refractivity contribution in [2.45, 2.75) is 52.1 Å². The Morgan fingerprint density at radius 3 is 2.60 bits per heavy atom. The molecule has 1 fully saturated rings. The zero-order valence-electron chi connectivity index (χ0n) is 13.0. The van der Waals surface area contributed by atoms with Gasteiger partial charge < -0.3 is 15.2 Å². The van der Waals surface area contributed by atoms with Gasteiger partial charge in [0.2, 0.25) is 0 Å². The molecule has 0 spiro atoms. The summed E-state index contributed by atoms with van der Waals surface area (Å²) in [5.41, 5.74) is 0.942. The van der Waals surface area contributed by atoms with Crippen LogP contribution < -0.4 is 10.1 Å². The zero-order valence-corrected chi connectivity index (χ0v) is 13.0. The fourth-order valence-corrected chi connectivity index (χ4v) is 3.16.